The number of aliphatic hydroxyl groups excluding tert-OH is 1. The van der Waals surface area contributed by atoms with Gasteiger partial charge in [-0.3, -0.25) is 9.59 Å². The molecule has 1 aliphatic heterocycles. The zero-order chi connectivity index (χ0) is 23.4. The van der Waals surface area contributed by atoms with Gasteiger partial charge in [0.15, 0.2) is 0 Å². The molecule has 1 N–H and O–H groups in total. The number of benzene rings is 2. The third kappa shape index (κ3) is 4.86. The second kappa shape index (κ2) is 10.0. The van der Waals surface area contributed by atoms with Crippen LogP contribution in [0.3, 0.4) is 0 Å². The van der Waals surface area contributed by atoms with Crippen LogP contribution in [-0.4, -0.2) is 60.4 Å². The molecule has 0 bridgehead atoms. The number of Topliss-reactive ketones (excluding diaryl/α,β-unsaturated/α-hetero) is 1. The highest BCUT2D eigenvalue weighted by Gasteiger charge is 2.45. The molecule has 6 heteroatoms. The number of amides is 1. The van der Waals surface area contributed by atoms with E-state index in [-0.39, 0.29) is 11.3 Å². The summed E-state index contributed by atoms with van der Waals surface area (Å²) < 4.78 is 5.54. The number of likely N-dealkylation sites (tertiary alicyclic amines) is 1. The SMILES string of the molecule is CCOc1cccc(/C(O)=C2\C(=O)C(=O)N(CCN(C)C)C2c2ccc(C(C)C)cc2)c1. The molecule has 0 saturated carbocycles. The van der Waals surface area contributed by atoms with E-state index in [4.69, 9.17) is 4.74 Å². The number of aliphatic hydroxyl groups is 1. The van der Waals surface area contributed by atoms with Gasteiger partial charge in [0.25, 0.3) is 11.7 Å². The Morgan fingerprint density at radius 1 is 1.12 bits per heavy atom. The van der Waals surface area contributed by atoms with Crippen LogP contribution in [0.15, 0.2) is 54.1 Å². The lowest BCUT2D eigenvalue weighted by molar-refractivity contribution is -0.140. The fraction of sp³-hybridized carbons (Fsp3) is 0.385. The third-order valence-electron chi connectivity index (χ3n) is 5.67. The predicted octanol–water partition coefficient (Wildman–Crippen LogP) is 4.19. The van der Waals surface area contributed by atoms with Crippen LogP contribution >= 0.6 is 0 Å². The maximum absolute atomic E-state index is 13.1. The number of carbonyl (C=O) groups excluding carboxylic acids is 2. The Kier molecular flexibility index (Phi) is 7.36. The molecule has 170 valence electrons. The van der Waals surface area contributed by atoms with Crippen LogP contribution in [0, 0.1) is 0 Å². The number of nitrogens with zero attached hydrogens (tertiary/aromatic N) is 2. The van der Waals surface area contributed by atoms with Gasteiger partial charge >= 0.3 is 0 Å². The third-order valence-corrected chi connectivity index (χ3v) is 5.67. The molecule has 1 fully saturated rings. The zero-order valence-electron chi connectivity index (χ0n) is 19.5. The predicted molar refractivity (Wildman–Crippen MR) is 126 cm³/mol. The van der Waals surface area contributed by atoms with Crippen molar-refractivity contribution in [2.24, 2.45) is 0 Å². The fourth-order valence-corrected chi connectivity index (χ4v) is 3.88. The Balaban J connectivity index is 2.12. The molecule has 0 spiro atoms. The quantitative estimate of drug-likeness (QED) is 0.382. The van der Waals surface area contributed by atoms with Gasteiger partial charge in [-0.25, -0.2) is 0 Å². The first-order valence-electron chi connectivity index (χ1n) is 11.0. The van der Waals surface area contributed by atoms with Gasteiger partial charge in [0.2, 0.25) is 0 Å². The molecule has 1 aliphatic rings. The van der Waals surface area contributed by atoms with Crippen LogP contribution in [0.2, 0.25) is 0 Å². The van der Waals surface area contributed by atoms with Crippen molar-refractivity contribution < 1.29 is 19.4 Å². The number of likely N-dealkylation sites (N-methyl/N-ethyl adjacent to an activating group) is 1. The topological polar surface area (TPSA) is 70.1 Å². The molecule has 32 heavy (non-hydrogen) atoms. The van der Waals surface area contributed by atoms with E-state index in [1.54, 1.807) is 29.2 Å². The fourth-order valence-electron chi connectivity index (χ4n) is 3.88. The molecule has 2 aromatic carbocycles. The van der Waals surface area contributed by atoms with Gasteiger partial charge < -0.3 is 19.6 Å². The highest BCUT2D eigenvalue weighted by molar-refractivity contribution is 6.46. The maximum Gasteiger partial charge on any atom is 0.295 e. The number of carbonyl (C=O) groups is 2. The summed E-state index contributed by atoms with van der Waals surface area (Å²) in [5, 5.41) is 11.2. The summed E-state index contributed by atoms with van der Waals surface area (Å²) in [7, 11) is 3.84. The minimum atomic E-state index is -0.666. The van der Waals surface area contributed by atoms with Crippen molar-refractivity contribution in [3.63, 3.8) is 0 Å². The number of ketones is 1. The lowest BCUT2D eigenvalue weighted by Gasteiger charge is -2.27. The van der Waals surface area contributed by atoms with Crippen LogP contribution in [0.4, 0.5) is 0 Å². The normalized spacial score (nSPS) is 18.1. The molecule has 1 heterocycles. The van der Waals surface area contributed by atoms with Gasteiger partial charge in [0.1, 0.15) is 11.5 Å². The van der Waals surface area contributed by atoms with Crippen LogP contribution in [0.5, 0.6) is 5.75 Å². The molecule has 2 aromatic rings. The largest absolute Gasteiger partial charge is 0.507 e. The van der Waals surface area contributed by atoms with Crippen molar-refractivity contribution in [3.8, 4) is 5.75 Å². The summed E-state index contributed by atoms with van der Waals surface area (Å²) in [6, 6.07) is 14.2. The van der Waals surface area contributed by atoms with E-state index >= 15 is 0 Å². The van der Waals surface area contributed by atoms with E-state index in [1.807, 2.05) is 50.2 Å². The van der Waals surface area contributed by atoms with Crippen LogP contribution in [0.1, 0.15) is 49.4 Å². The number of ether oxygens (including phenoxy) is 1. The van der Waals surface area contributed by atoms with Gasteiger partial charge in [-0.2, -0.15) is 0 Å². The van der Waals surface area contributed by atoms with E-state index in [9.17, 15) is 14.7 Å². The Morgan fingerprint density at radius 3 is 2.41 bits per heavy atom. The van der Waals surface area contributed by atoms with Crippen molar-refractivity contribution in [2.45, 2.75) is 32.7 Å². The van der Waals surface area contributed by atoms with Crippen molar-refractivity contribution in [3.05, 3.63) is 70.8 Å². The summed E-state index contributed by atoms with van der Waals surface area (Å²) in [5.41, 5.74) is 2.53. The average molecular weight is 437 g/mol. The molecule has 0 aromatic heterocycles. The molecular formula is C26H32N2O4. The highest BCUT2D eigenvalue weighted by atomic mass is 16.5. The van der Waals surface area contributed by atoms with Crippen molar-refractivity contribution >= 4 is 17.4 Å². The minimum Gasteiger partial charge on any atom is -0.507 e. The Labute approximate surface area is 190 Å². The lowest BCUT2D eigenvalue weighted by atomic mass is 9.93. The standard InChI is InChI=1S/C26H32N2O4/c1-6-32-21-9-7-8-20(16-21)24(29)22-23(19-12-10-18(11-13-19)17(2)3)28(15-14-27(4)5)26(31)25(22)30/h7-13,16-17,23,29H,6,14-15H2,1-5H3/b24-22+. The van der Waals surface area contributed by atoms with Gasteiger partial charge in [-0.15, -0.1) is 0 Å². The molecule has 1 amide bonds. The van der Waals surface area contributed by atoms with Crippen molar-refractivity contribution in [1.82, 2.24) is 9.80 Å². The molecule has 1 saturated heterocycles. The first-order valence-corrected chi connectivity index (χ1v) is 11.0. The van der Waals surface area contributed by atoms with Crippen molar-refractivity contribution in [2.75, 3.05) is 33.8 Å². The average Bonchev–Trinajstić information content (AvgIpc) is 3.02. The summed E-state index contributed by atoms with van der Waals surface area (Å²) in [6.45, 7) is 7.58. The highest BCUT2D eigenvalue weighted by Crippen LogP contribution is 2.40. The van der Waals surface area contributed by atoms with E-state index in [2.05, 4.69) is 13.8 Å². The molecule has 3 rings (SSSR count). The lowest BCUT2D eigenvalue weighted by Crippen LogP contribution is -2.35. The number of rotatable bonds is 8. The van der Waals surface area contributed by atoms with Crippen molar-refractivity contribution in [1.29, 1.82) is 0 Å². The van der Waals surface area contributed by atoms with E-state index in [1.165, 1.54) is 5.56 Å². The number of hydrogen-bond donors (Lipinski definition) is 1. The van der Waals surface area contributed by atoms with Crippen LogP contribution in [-0.2, 0) is 9.59 Å². The second-order valence-electron chi connectivity index (χ2n) is 8.58. The summed E-state index contributed by atoms with van der Waals surface area (Å²) in [5.74, 6) is -0.481. The second-order valence-corrected chi connectivity index (χ2v) is 8.58. The molecular weight excluding hydrogens is 404 g/mol. The number of hydrogen-bond acceptors (Lipinski definition) is 5. The van der Waals surface area contributed by atoms with Crippen LogP contribution in [0.25, 0.3) is 5.76 Å². The molecule has 0 radical (unpaired) electrons. The van der Waals surface area contributed by atoms with E-state index < -0.39 is 17.7 Å². The molecule has 0 aliphatic carbocycles. The zero-order valence-corrected chi connectivity index (χ0v) is 19.5. The van der Waals surface area contributed by atoms with Crippen LogP contribution < -0.4 is 4.74 Å². The summed E-state index contributed by atoms with van der Waals surface area (Å²) in [6.07, 6.45) is 0. The minimum absolute atomic E-state index is 0.111. The first kappa shape index (κ1) is 23.5. The van der Waals surface area contributed by atoms with E-state index in [0.29, 0.717) is 36.9 Å². The summed E-state index contributed by atoms with van der Waals surface area (Å²) >= 11 is 0. The molecule has 1 atom stereocenters. The van der Waals surface area contributed by atoms with Gasteiger partial charge in [0.05, 0.1) is 18.2 Å². The first-order chi connectivity index (χ1) is 15.2. The Hall–Kier alpha value is -3.12. The summed E-state index contributed by atoms with van der Waals surface area (Å²) in [4.78, 5) is 29.6. The van der Waals surface area contributed by atoms with E-state index in [0.717, 1.165) is 5.56 Å². The monoisotopic (exact) mass is 436 g/mol. The molecule has 6 nitrogen and oxygen atoms in total. The Morgan fingerprint density at radius 2 is 1.81 bits per heavy atom. The van der Waals surface area contributed by atoms with Gasteiger partial charge in [-0.05, 0) is 50.2 Å². The maximum atomic E-state index is 13.1. The van der Waals surface area contributed by atoms with Gasteiger partial charge in [0, 0.05) is 18.7 Å². The Bertz CT molecular complexity index is 1010. The molecule has 1 unspecified atom stereocenters. The smallest absolute Gasteiger partial charge is 0.295 e. The van der Waals surface area contributed by atoms with Gasteiger partial charge in [-0.1, -0.05) is 50.2 Å².